The van der Waals surface area contributed by atoms with Gasteiger partial charge in [0, 0.05) is 18.2 Å². The smallest absolute Gasteiger partial charge is 0.313 e. The van der Waals surface area contributed by atoms with Crippen molar-refractivity contribution in [3.63, 3.8) is 0 Å². The van der Waals surface area contributed by atoms with Crippen LogP contribution < -0.4 is 10.5 Å². The van der Waals surface area contributed by atoms with Crippen molar-refractivity contribution in [3.8, 4) is 11.5 Å². The lowest BCUT2D eigenvalue weighted by atomic mass is 10.1. The molecule has 2 rings (SSSR count). The SMILES string of the molecule is C[C@H](N)c1ccc(Oc2cc(Cl)c(Cl)cc2[N+](=O)[O-])cc1. The van der Waals surface area contributed by atoms with Crippen molar-refractivity contribution in [1.82, 2.24) is 0 Å². The number of benzene rings is 2. The van der Waals surface area contributed by atoms with E-state index in [2.05, 4.69) is 0 Å². The van der Waals surface area contributed by atoms with Crippen LogP contribution in [0.5, 0.6) is 11.5 Å². The monoisotopic (exact) mass is 326 g/mol. The van der Waals surface area contributed by atoms with Gasteiger partial charge in [-0.25, -0.2) is 0 Å². The first kappa shape index (κ1) is 15.6. The van der Waals surface area contributed by atoms with Gasteiger partial charge >= 0.3 is 5.69 Å². The number of rotatable bonds is 4. The Labute approximate surface area is 131 Å². The molecular formula is C14H12Cl2N2O3. The van der Waals surface area contributed by atoms with E-state index in [0.29, 0.717) is 5.75 Å². The Bertz CT molecular complexity index is 673. The molecule has 2 aromatic rings. The molecule has 0 fully saturated rings. The molecule has 0 aromatic heterocycles. The summed E-state index contributed by atoms with van der Waals surface area (Å²) in [6, 6.07) is 9.35. The summed E-state index contributed by atoms with van der Waals surface area (Å²) in [5, 5.41) is 11.3. The molecule has 0 saturated heterocycles. The summed E-state index contributed by atoms with van der Waals surface area (Å²) in [5.74, 6) is 0.476. The fourth-order valence-electron chi connectivity index (χ4n) is 1.71. The predicted molar refractivity (Wildman–Crippen MR) is 82.2 cm³/mol. The Morgan fingerprint density at radius 3 is 2.29 bits per heavy atom. The van der Waals surface area contributed by atoms with Crippen LogP contribution in [0.15, 0.2) is 36.4 Å². The maximum atomic E-state index is 11.0. The number of nitro groups is 1. The van der Waals surface area contributed by atoms with Crippen LogP contribution in [0.25, 0.3) is 0 Å². The Balaban J connectivity index is 2.34. The van der Waals surface area contributed by atoms with E-state index in [1.54, 1.807) is 24.3 Å². The van der Waals surface area contributed by atoms with Crippen LogP contribution in [0.2, 0.25) is 10.0 Å². The molecule has 7 heteroatoms. The Morgan fingerprint density at radius 1 is 1.19 bits per heavy atom. The van der Waals surface area contributed by atoms with Gasteiger partial charge in [0.25, 0.3) is 0 Å². The van der Waals surface area contributed by atoms with Crippen LogP contribution in [0.4, 0.5) is 5.69 Å². The minimum atomic E-state index is -0.576. The van der Waals surface area contributed by atoms with Gasteiger partial charge < -0.3 is 10.5 Å². The molecule has 0 heterocycles. The largest absolute Gasteiger partial charge is 0.450 e. The first-order valence-electron chi connectivity index (χ1n) is 6.05. The summed E-state index contributed by atoms with van der Waals surface area (Å²) in [5.41, 5.74) is 6.44. The molecule has 0 amide bonds. The summed E-state index contributed by atoms with van der Waals surface area (Å²) >= 11 is 11.7. The molecule has 110 valence electrons. The van der Waals surface area contributed by atoms with E-state index < -0.39 is 4.92 Å². The van der Waals surface area contributed by atoms with Crippen molar-refractivity contribution >= 4 is 28.9 Å². The molecule has 5 nitrogen and oxygen atoms in total. The average molecular weight is 327 g/mol. The maximum Gasteiger partial charge on any atom is 0.313 e. The predicted octanol–water partition coefficient (Wildman–Crippen LogP) is 4.71. The minimum absolute atomic E-state index is 0.0305. The van der Waals surface area contributed by atoms with Crippen molar-refractivity contribution in [2.75, 3.05) is 0 Å². The summed E-state index contributed by atoms with van der Waals surface area (Å²) in [7, 11) is 0. The van der Waals surface area contributed by atoms with E-state index in [-0.39, 0.29) is 27.5 Å². The zero-order valence-electron chi connectivity index (χ0n) is 11.0. The molecule has 21 heavy (non-hydrogen) atoms. The first-order chi connectivity index (χ1) is 9.88. The molecule has 1 atom stereocenters. The van der Waals surface area contributed by atoms with Crippen LogP contribution in [0.1, 0.15) is 18.5 Å². The van der Waals surface area contributed by atoms with Crippen LogP contribution in [-0.4, -0.2) is 4.92 Å². The van der Waals surface area contributed by atoms with Crippen LogP contribution in [0.3, 0.4) is 0 Å². The zero-order chi connectivity index (χ0) is 15.6. The van der Waals surface area contributed by atoms with Gasteiger partial charge in [-0.3, -0.25) is 10.1 Å². The van der Waals surface area contributed by atoms with Crippen molar-refractivity contribution < 1.29 is 9.66 Å². The molecule has 0 bridgehead atoms. The van der Waals surface area contributed by atoms with Gasteiger partial charge in [0.05, 0.1) is 15.0 Å². The highest BCUT2D eigenvalue weighted by Crippen LogP contribution is 2.38. The summed E-state index contributed by atoms with van der Waals surface area (Å²) < 4.78 is 5.52. The van der Waals surface area contributed by atoms with Gasteiger partial charge in [0.2, 0.25) is 5.75 Å². The number of nitrogens with zero attached hydrogens (tertiary/aromatic N) is 1. The van der Waals surface area contributed by atoms with Gasteiger partial charge in [-0.05, 0) is 24.6 Å². The lowest BCUT2D eigenvalue weighted by Crippen LogP contribution is -2.04. The molecule has 2 aromatic carbocycles. The number of nitro benzene ring substituents is 1. The highest BCUT2D eigenvalue weighted by Gasteiger charge is 2.19. The van der Waals surface area contributed by atoms with E-state index in [0.717, 1.165) is 11.6 Å². The Hall–Kier alpha value is -1.82. The topological polar surface area (TPSA) is 78.4 Å². The Kier molecular flexibility index (Phi) is 4.67. The van der Waals surface area contributed by atoms with Crippen molar-refractivity contribution in [2.24, 2.45) is 5.73 Å². The lowest BCUT2D eigenvalue weighted by molar-refractivity contribution is -0.385. The zero-order valence-corrected chi connectivity index (χ0v) is 12.6. The second-order valence-corrected chi connectivity index (χ2v) is 5.27. The molecule has 0 spiro atoms. The number of halogens is 2. The minimum Gasteiger partial charge on any atom is -0.450 e. The second kappa shape index (κ2) is 6.30. The molecule has 0 aliphatic rings. The highest BCUT2D eigenvalue weighted by atomic mass is 35.5. The molecule has 0 radical (unpaired) electrons. The van der Waals surface area contributed by atoms with E-state index in [4.69, 9.17) is 33.7 Å². The van der Waals surface area contributed by atoms with Crippen molar-refractivity contribution in [1.29, 1.82) is 0 Å². The standard InChI is InChI=1S/C14H12Cl2N2O3/c1-8(17)9-2-4-10(5-3-9)21-14-7-12(16)11(15)6-13(14)18(19)20/h2-8H,17H2,1H3/t8-/m0/s1. The lowest BCUT2D eigenvalue weighted by Gasteiger charge is -2.09. The van der Waals surface area contributed by atoms with Gasteiger partial charge in [0.1, 0.15) is 5.75 Å². The number of ether oxygens (including phenoxy) is 1. The van der Waals surface area contributed by atoms with E-state index in [1.807, 2.05) is 6.92 Å². The fraction of sp³-hybridized carbons (Fsp3) is 0.143. The summed E-state index contributed by atoms with van der Waals surface area (Å²) in [6.45, 7) is 1.86. The van der Waals surface area contributed by atoms with Crippen molar-refractivity contribution in [3.05, 3.63) is 62.1 Å². The first-order valence-corrected chi connectivity index (χ1v) is 6.81. The highest BCUT2D eigenvalue weighted by molar-refractivity contribution is 6.42. The third-order valence-electron chi connectivity index (χ3n) is 2.83. The van der Waals surface area contributed by atoms with E-state index in [9.17, 15) is 10.1 Å². The molecule has 0 aliphatic heterocycles. The second-order valence-electron chi connectivity index (χ2n) is 4.45. The van der Waals surface area contributed by atoms with Crippen LogP contribution in [0, 0.1) is 10.1 Å². The van der Waals surface area contributed by atoms with E-state index >= 15 is 0 Å². The fourth-order valence-corrected chi connectivity index (χ4v) is 2.02. The number of nitrogens with two attached hydrogens (primary N) is 1. The van der Waals surface area contributed by atoms with E-state index in [1.165, 1.54) is 6.07 Å². The maximum absolute atomic E-state index is 11.0. The third-order valence-corrected chi connectivity index (χ3v) is 3.55. The number of hydrogen-bond donors (Lipinski definition) is 1. The molecule has 0 unspecified atom stereocenters. The quantitative estimate of drug-likeness (QED) is 0.651. The molecule has 0 aliphatic carbocycles. The van der Waals surface area contributed by atoms with Crippen LogP contribution in [-0.2, 0) is 0 Å². The summed E-state index contributed by atoms with van der Waals surface area (Å²) in [4.78, 5) is 10.5. The average Bonchev–Trinajstić information content (AvgIpc) is 2.43. The van der Waals surface area contributed by atoms with Crippen LogP contribution >= 0.6 is 23.2 Å². The molecular weight excluding hydrogens is 315 g/mol. The third kappa shape index (κ3) is 3.64. The van der Waals surface area contributed by atoms with Gasteiger partial charge in [-0.1, -0.05) is 35.3 Å². The Morgan fingerprint density at radius 2 is 1.76 bits per heavy atom. The molecule has 0 saturated carbocycles. The number of hydrogen-bond acceptors (Lipinski definition) is 4. The molecule has 2 N–H and O–H groups in total. The van der Waals surface area contributed by atoms with Crippen molar-refractivity contribution in [2.45, 2.75) is 13.0 Å². The van der Waals surface area contributed by atoms with Gasteiger partial charge in [-0.15, -0.1) is 0 Å². The van der Waals surface area contributed by atoms with Gasteiger partial charge in [0.15, 0.2) is 0 Å². The van der Waals surface area contributed by atoms with Gasteiger partial charge in [-0.2, -0.15) is 0 Å². The normalized spacial score (nSPS) is 12.0. The summed E-state index contributed by atoms with van der Waals surface area (Å²) in [6.07, 6.45) is 0.